The lowest BCUT2D eigenvalue weighted by Gasteiger charge is -2.20. The van der Waals surface area contributed by atoms with Gasteiger partial charge in [0.25, 0.3) is 0 Å². The highest BCUT2D eigenvalue weighted by molar-refractivity contribution is 5.75. The molecule has 0 heterocycles. The molecule has 1 rings (SSSR count). The van der Waals surface area contributed by atoms with Crippen molar-refractivity contribution < 1.29 is 9.53 Å². The Morgan fingerprint density at radius 2 is 2.24 bits per heavy atom. The van der Waals surface area contributed by atoms with Gasteiger partial charge in [-0.3, -0.25) is 4.79 Å². The number of likely N-dealkylation sites (N-methyl/N-ethyl adjacent to an activating group) is 1. The fourth-order valence-corrected chi connectivity index (χ4v) is 2.12. The van der Waals surface area contributed by atoms with Crippen LogP contribution in [0.5, 0.6) is 0 Å². The van der Waals surface area contributed by atoms with Crippen molar-refractivity contribution >= 4 is 5.97 Å². The molecule has 3 unspecified atom stereocenters. The van der Waals surface area contributed by atoms with Crippen molar-refractivity contribution in [2.75, 3.05) is 33.8 Å². The maximum atomic E-state index is 11.6. The summed E-state index contributed by atoms with van der Waals surface area (Å²) < 4.78 is 5.02. The van der Waals surface area contributed by atoms with Crippen molar-refractivity contribution in [1.29, 1.82) is 0 Å². The Balaban J connectivity index is 2.19. The molecule has 1 aliphatic rings. The first-order chi connectivity index (χ1) is 8.08. The molecule has 0 aromatic rings. The minimum atomic E-state index is -0.172. The number of hydrogen-bond donors (Lipinski definition) is 1. The molecular weight excluding hydrogens is 216 g/mol. The first kappa shape index (κ1) is 14.5. The summed E-state index contributed by atoms with van der Waals surface area (Å²) in [6.45, 7) is 6.68. The molecule has 1 N–H and O–H groups in total. The topological polar surface area (TPSA) is 41.6 Å². The number of ether oxygens (including phenoxy) is 1. The first-order valence-electron chi connectivity index (χ1n) is 6.60. The summed E-state index contributed by atoms with van der Waals surface area (Å²) in [5, 5.41) is 3.02. The highest BCUT2D eigenvalue weighted by Crippen LogP contribution is 2.37. The number of hydrogen-bond acceptors (Lipinski definition) is 4. The Morgan fingerprint density at radius 3 is 2.71 bits per heavy atom. The van der Waals surface area contributed by atoms with Crippen LogP contribution in [0.4, 0.5) is 0 Å². The predicted octanol–water partition coefficient (Wildman–Crippen LogP) is 1.12. The zero-order chi connectivity index (χ0) is 12.8. The molecule has 3 atom stereocenters. The number of carbonyl (C=O) groups is 1. The van der Waals surface area contributed by atoms with Crippen LogP contribution in [-0.2, 0) is 9.53 Å². The molecule has 1 saturated carbocycles. The summed E-state index contributed by atoms with van der Waals surface area (Å²) in [7, 11) is 3.94. The van der Waals surface area contributed by atoms with Crippen LogP contribution < -0.4 is 5.32 Å². The van der Waals surface area contributed by atoms with Crippen LogP contribution in [0.3, 0.4) is 0 Å². The van der Waals surface area contributed by atoms with Crippen LogP contribution in [0.1, 0.15) is 26.7 Å². The van der Waals surface area contributed by atoms with E-state index in [9.17, 15) is 4.79 Å². The lowest BCUT2D eigenvalue weighted by Crippen LogP contribution is -2.38. The molecule has 0 spiro atoms. The summed E-state index contributed by atoms with van der Waals surface area (Å²) in [4.78, 5) is 13.9. The van der Waals surface area contributed by atoms with E-state index in [0.717, 1.165) is 31.3 Å². The molecule has 100 valence electrons. The van der Waals surface area contributed by atoms with Gasteiger partial charge in [-0.1, -0.05) is 6.92 Å². The molecule has 17 heavy (non-hydrogen) atoms. The zero-order valence-electron chi connectivity index (χ0n) is 11.5. The standard InChI is InChI=1S/C13H26N2O2/c1-5-17-13(16)12(14-3)6-7-15(4)9-11-8-10(11)2/h10-12,14H,5-9H2,1-4H3. The Hall–Kier alpha value is -0.610. The summed E-state index contributed by atoms with van der Waals surface area (Å²) in [6, 6.07) is -0.172. The Labute approximate surface area is 105 Å². The number of nitrogens with one attached hydrogen (secondary N) is 1. The van der Waals surface area contributed by atoms with Gasteiger partial charge in [-0.2, -0.15) is 0 Å². The summed E-state index contributed by atoms with van der Waals surface area (Å²) in [5.74, 6) is 1.63. The molecule has 1 fully saturated rings. The van der Waals surface area contributed by atoms with Crippen molar-refractivity contribution in [1.82, 2.24) is 10.2 Å². The van der Waals surface area contributed by atoms with Gasteiger partial charge in [0, 0.05) is 6.54 Å². The molecular formula is C13H26N2O2. The van der Waals surface area contributed by atoms with E-state index in [1.54, 1.807) is 0 Å². The number of nitrogens with zero attached hydrogens (tertiary/aromatic N) is 1. The second-order valence-corrected chi connectivity index (χ2v) is 5.12. The van der Waals surface area contributed by atoms with Crippen molar-refractivity contribution in [3.63, 3.8) is 0 Å². The fraction of sp³-hybridized carbons (Fsp3) is 0.923. The van der Waals surface area contributed by atoms with Gasteiger partial charge in [-0.05, 0) is 52.2 Å². The van der Waals surface area contributed by atoms with Crippen LogP contribution >= 0.6 is 0 Å². The molecule has 0 aliphatic heterocycles. The van der Waals surface area contributed by atoms with Crippen LogP contribution in [0.15, 0.2) is 0 Å². The van der Waals surface area contributed by atoms with Crippen molar-refractivity contribution in [3.05, 3.63) is 0 Å². The van der Waals surface area contributed by atoms with E-state index in [1.807, 2.05) is 14.0 Å². The van der Waals surface area contributed by atoms with E-state index in [2.05, 4.69) is 24.2 Å². The van der Waals surface area contributed by atoms with Crippen molar-refractivity contribution in [2.45, 2.75) is 32.7 Å². The van der Waals surface area contributed by atoms with Crippen LogP contribution in [-0.4, -0.2) is 50.7 Å². The van der Waals surface area contributed by atoms with E-state index in [4.69, 9.17) is 4.74 Å². The number of rotatable bonds is 8. The third kappa shape index (κ3) is 5.04. The van der Waals surface area contributed by atoms with Crippen molar-refractivity contribution in [3.8, 4) is 0 Å². The third-order valence-electron chi connectivity index (χ3n) is 3.54. The lowest BCUT2D eigenvalue weighted by atomic mass is 10.2. The second-order valence-electron chi connectivity index (χ2n) is 5.12. The Morgan fingerprint density at radius 1 is 1.59 bits per heavy atom. The SMILES string of the molecule is CCOC(=O)C(CCN(C)CC1CC1C)NC. The van der Waals surface area contributed by atoms with Crippen LogP contribution in [0.2, 0.25) is 0 Å². The number of carbonyl (C=O) groups excluding carboxylic acids is 1. The minimum Gasteiger partial charge on any atom is -0.465 e. The lowest BCUT2D eigenvalue weighted by molar-refractivity contribution is -0.145. The third-order valence-corrected chi connectivity index (χ3v) is 3.54. The van der Waals surface area contributed by atoms with Gasteiger partial charge in [0.05, 0.1) is 6.61 Å². The maximum Gasteiger partial charge on any atom is 0.323 e. The molecule has 0 amide bonds. The summed E-state index contributed by atoms with van der Waals surface area (Å²) in [5.41, 5.74) is 0. The maximum absolute atomic E-state index is 11.6. The van der Waals surface area contributed by atoms with Gasteiger partial charge in [0.1, 0.15) is 6.04 Å². The molecule has 4 heteroatoms. The summed E-state index contributed by atoms with van der Waals surface area (Å²) in [6.07, 6.45) is 2.17. The second kappa shape index (κ2) is 6.97. The van der Waals surface area contributed by atoms with E-state index >= 15 is 0 Å². The van der Waals surface area contributed by atoms with Crippen molar-refractivity contribution in [2.24, 2.45) is 11.8 Å². The normalized spacial score (nSPS) is 24.8. The highest BCUT2D eigenvalue weighted by Gasteiger charge is 2.33. The predicted molar refractivity (Wildman–Crippen MR) is 68.9 cm³/mol. The molecule has 1 aliphatic carbocycles. The van der Waals surface area contributed by atoms with Gasteiger partial charge in [0.2, 0.25) is 0 Å². The zero-order valence-corrected chi connectivity index (χ0v) is 11.5. The van der Waals surface area contributed by atoms with Gasteiger partial charge in [-0.15, -0.1) is 0 Å². The Bertz CT molecular complexity index is 246. The van der Waals surface area contributed by atoms with E-state index in [-0.39, 0.29) is 12.0 Å². The fourth-order valence-electron chi connectivity index (χ4n) is 2.12. The van der Waals surface area contributed by atoms with E-state index in [1.165, 1.54) is 6.42 Å². The van der Waals surface area contributed by atoms with E-state index < -0.39 is 0 Å². The van der Waals surface area contributed by atoms with E-state index in [0.29, 0.717) is 6.61 Å². The Kier molecular flexibility index (Phi) is 5.92. The average molecular weight is 242 g/mol. The molecule has 0 aromatic heterocycles. The van der Waals surface area contributed by atoms with Gasteiger partial charge in [0.15, 0.2) is 0 Å². The van der Waals surface area contributed by atoms with Crippen LogP contribution in [0, 0.1) is 11.8 Å². The average Bonchev–Trinajstić information content (AvgIpc) is 2.95. The molecule has 0 saturated heterocycles. The van der Waals surface area contributed by atoms with Gasteiger partial charge < -0.3 is 15.0 Å². The van der Waals surface area contributed by atoms with Gasteiger partial charge >= 0.3 is 5.97 Å². The number of esters is 1. The summed E-state index contributed by atoms with van der Waals surface area (Å²) >= 11 is 0. The monoisotopic (exact) mass is 242 g/mol. The molecule has 0 aromatic carbocycles. The quantitative estimate of drug-likeness (QED) is 0.648. The molecule has 0 radical (unpaired) electrons. The molecule has 0 bridgehead atoms. The molecule has 4 nitrogen and oxygen atoms in total. The largest absolute Gasteiger partial charge is 0.465 e. The smallest absolute Gasteiger partial charge is 0.323 e. The van der Waals surface area contributed by atoms with Gasteiger partial charge in [-0.25, -0.2) is 0 Å². The minimum absolute atomic E-state index is 0.136. The first-order valence-corrected chi connectivity index (χ1v) is 6.60. The van der Waals surface area contributed by atoms with Crippen LogP contribution in [0.25, 0.3) is 0 Å². The highest BCUT2D eigenvalue weighted by atomic mass is 16.5.